The average molecular weight is 272 g/mol. The normalized spacial score (nSPS) is 9.88. The Bertz CT molecular complexity index is 278. The highest BCUT2D eigenvalue weighted by atomic mass is 32.2. The van der Waals surface area contributed by atoms with E-state index < -0.39 is 10.8 Å². The second-order valence-electron chi connectivity index (χ2n) is 3.97. The van der Waals surface area contributed by atoms with Gasteiger partial charge < -0.3 is 0 Å². The van der Waals surface area contributed by atoms with Crippen LogP contribution in [0, 0.1) is 0 Å². The smallest absolute Gasteiger partial charge is 0.0234 e. The highest BCUT2D eigenvalue weighted by Gasteiger charge is 1.96. The lowest BCUT2D eigenvalue weighted by atomic mass is 10.4. The molecule has 0 saturated carbocycles. The molecule has 0 radical (unpaired) electrons. The van der Waals surface area contributed by atoms with Crippen molar-refractivity contribution in [1.29, 1.82) is 0 Å². The van der Waals surface area contributed by atoms with E-state index in [1.807, 2.05) is 30.3 Å². The zero-order valence-electron chi connectivity index (χ0n) is 11.0. The van der Waals surface area contributed by atoms with Crippen molar-refractivity contribution in [3.8, 4) is 0 Å². The monoisotopic (exact) mass is 272 g/mol. The molecule has 0 heterocycles. The fourth-order valence-corrected chi connectivity index (χ4v) is 2.81. The molecule has 0 fully saturated rings. The Labute approximate surface area is 111 Å². The van der Waals surface area contributed by atoms with E-state index in [1.54, 1.807) is 0 Å². The van der Waals surface area contributed by atoms with E-state index in [4.69, 9.17) is 0 Å². The lowest BCUT2D eigenvalue weighted by Crippen LogP contribution is -2.01. The van der Waals surface area contributed by atoms with Crippen LogP contribution in [0.15, 0.2) is 30.3 Å². The Balaban J connectivity index is 0.000000318. The van der Waals surface area contributed by atoms with Gasteiger partial charge in [-0.25, -0.2) is 0 Å². The summed E-state index contributed by atoms with van der Waals surface area (Å²) < 4.78 is 11.1. The minimum absolute atomic E-state index is 0.520. The number of hydrogen-bond donors (Lipinski definition) is 0. The number of unbranched alkanes of at least 4 members (excludes halogenated alkanes) is 2. The van der Waals surface area contributed by atoms with E-state index in [-0.39, 0.29) is 0 Å². The number of hydrogen-bond acceptors (Lipinski definition) is 1. The Morgan fingerprint density at radius 1 is 1.00 bits per heavy atom. The van der Waals surface area contributed by atoms with E-state index >= 15 is 0 Å². The maximum atomic E-state index is 11.1. The van der Waals surface area contributed by atoms with Crippen molar-refractivity contribution in [2.24, 2.45) is 0 Å². The van der Waals surface area contributed by atoms with E-state index in [1.165, 1.54) is 5.30 Å². The zero-order chi connectivity index (χ0) is 12.9. The summed E-state index contributed by atoms with van der Waals surface area (Å²) in [5, 5.41) is 1.24. The van der Waals surface area contributed by atoms with Crippen LogP contribution in [0.3, 0.4) is 0 Å². The lowest BCUT2D eigenvalue weighted by Gasteiger charge is -1.97. The van der Waals surface area contributed by atoms with Crippen LogP contribution in [-0.4, -0.2) is 15.7 Å². The molecule has 0 spiro atoms. The molecule has 0 saturated heterocycles. The Morgan fingerprint density at radius 3 is 1.76 bits per heavy atom. The maximum Gasteiger partial charge on any atom is 0.0234 e. The second kappa shape index (κ2) is 12.3. The Morgan fingerprint density at radius 2 is 1.47 bits per heavy atom. The highest BCUT2D eigenvalue weighted by molar-refractivity contribution is 7.84. The fraction of sp³-hybridized carbons (Fsp3) is 0.571. The molecule has 1 unspecified atom stereocenters. The van der Waals surface area contributed by atoms with Gasteiger partial charge in [0.2, 0.25) is 0 Å². The largest absolute Gasteiger partial charge is 0.260 e. The van der Waals surface area contributed by atoms with Gasteiger partial charge in [-0.3, -0.25) is 4.21 Å². The minimum atomic E-state index is -0.520. The van der Waals surface area contributed by atoms with Crippen LogP contribution in [0.25, 0.3) is 0 Å². The first-order chi connectivity index (χ1) is 8.20. The van der Waals surface area contributed by atoms with Gasteiger partial charge in [0, 0.05) is 22.3 Å². The van der Waals surface area contributed by atoms with Gasteiger partial charge in [-0.05, 0) is 18.1 Å². The molecule has 0 bridgehead atoms. The summed E-state index contributed by atoms with van der Waals surface area (Å²) in [6.07, 6.45) is 4.57. The predicted octanol–water partition coefficient (Wildman–Crippen LogP) is 3.52. The molecule has 0 aliphatic rings. The van der Waals surface area contributed by atoms with E-state index in [0.29, 0.717) is 0 Å². The fourth-order valence-electron chi connectivity index (χ4n) is 1.17. The van der Waals surface area contributed by atoms with Gasteiger partial charge in [-0.2, -0.15) is 0 Å². The molecule has 1 rings (SSSR count). The van der Waals surface area contributed by atoms with Crippen LogP contribution >= 0.6 is 9.24 Å². The highest BCUT2D eigenvalue weighted by Crippen LogP contribution is 1.95. The van der Waals surface area contributed by atoms with Gasteiger partial charge in [0.25, 0.3) is 0 Å². The summed E-state index contributed by atoms with van der Waals surface area (Å²) in [5.74, 6) is 1.83. The van der Waals surface area contributed by atoms with Gasteiger partial charge in [-0.1, -0.05) is 57.0 Å². The first-order valence-corrected chi connectivity index (χ1v) is 8.42. The van der Waals surface area contributed by atoms with Crippen LogP contribution in [0.2, 0.25) is 0 Å². The number of rotatable bonds is 6. The van der Waals surface area contributed by atoms with Crippen LogP contribution < -0.4 is 5.30 Å². The molecular weight excluding hydrogens is 247 g/mol. The molecule has 1 atom stereocenters. The third kappa shape index (κ3) is 12.1. The Kier molecular flexibility index (Phi) is 12.1. The summed E-state index contributed by atoms with van der Waals surface area (Å²) in [6.45, 7) is 4.27. The first kappa shape index (κ1) is 16.8. The lowest BCUT2D eigenvalue weighted by molar-refractivity contribution is 0.676. The molecule has 1 aromatic carbocycles. The van der Waals surface area contributed by atoms with Crippen LogP contribution in [-0.2, 0) is 10.8 Å². The van der Waals surface area contributed by atoms with Crippen molar-refractivity contribution in [2.45, 2.75) is 39.5 Å². The van der Waals surface area contributed by atoms with Gasteiger partial charge in [0.1, 0.15) is 0 Å². The van der Waals surface area contributed by atoms with Crippen molar-refractivity contribution in [3.63, 3.8) is 0 Å². The van der Waals surface area contributed by atoms with Crippen LogP contribution in [0.4, 0.5) is 0 Å². The zero-order valence-corrected chi connectivity index (χ0v) is 13.0. The first-order valence-electron chi connectivity index (χ1n) is 6.36. The van der Waals surface area contributed by atoms with Gasteiger partial charge in [0.05, 0.1) is 0 Å². The molecule has 0 aliphatic heterocycles. The second-order valence-corrected chi connectivity index (χ2v) is 6.33. The quantitative estimate of drug-likeness (QED) is 0.724. The third-order valence-corrected chi connectivity index (χ3v) is 4.12. The molecule has 0 amide bonds. The molecule has 1 aromatic rings. The van der Waals surface area contributed by atoms with E-state index in [2.05, 4.69) is 23.1 Å². The van der Waals surface area contributed by atoms with Gasteiger partial charge in [0.15, 0.2) is 0 Å². The predicted molar refractivity (Wildman–Crippen MR) is 83.5 cm³/mol. The Hall–Kier alpha value is -0.200. The molecule has 1 nitrogen and oxygen atoms in total. The standard InChI is InChI=1S/C8H18OS.C6H7P/c1-3-5-7-10(9)8-6-4-2;7-6-4-2-1-3-5-6/h3-8H2,1-2H3;1-5H,7H2. The van der Waals surface area contributed by atoms with Crippen molar-refractivity contribution in [1.82, 2.24) is 0 Å². The van der Waals surface area contributed by atoms with E-state index in [9.17, 15) is 4.21 Å². The molecule has 0 aromatic heterocycles. The maximum absolute atomic E-state index is 11.1. The molecule has 17 heavy (non-hydrogen) atoms. The third-order valence-electron chi connectivity index (χ3n) is 2.25. The molecular formula is C14H25OPS. The van der Waals surface area contributed by atoms with Gasteiger partial charge >= 0.3 is 0 Å². The molecule has 98 valence electrons. The average Bonchev–Trinajstić information content (AvgIpc) is 2.35. The molecule has 0 aliphatic carbocycles. The van der Waals surface area contributed by atoms with Gasteiger partial charge in [-0.15, -0.1) is 9.24 Å². The van der Waals surface area contributed by atoms with Crippen molar-refractivity contribution in [2.75, 3.05) is 11.5 Å². The molecule has 0 N–H and O–H groups in total. The minimum Gasteiger partial charge on any atom is -0.260 e. The summed E-state index contributed by atoms with van der Waals surface area (Å²) in [7, 11) is 2.11. The summed E-state index contributed by atoms with van der Waals surface area (Å²) >= 11 is 0. The topological polar surface area (TPSA) is 17.1 Å². The van der Waals surface area contributed by atoms with Crippen LogP contribution in [0.5, 0.6) is 0 Å². The summed E-state index contributed by atoms with van der Waals surface area (Å²) in [4.78, 5) is 0. The SMILES string of the molecule is CCCCS(=O)CCCC.Pc1ccccc1. The number of benzene rings is 1. The van der Waals surface area contributed by atoms with Crippen molar-refractivity contribution >= 4 is 25.3 Å². The summed E-state index contributed by atoms with van der Waals surface area (Å²) in [6, 6.07) is 10.1. The molecule has 3 heteroatoms. The summed E-state index contributed by atoms with van der Waals surface area (Å²) in [5.41, 5.74) is 0. The van der Waals surface area contributed by atoms with E-state index in [0.717, 1.165) is 37.2 Å². The van der Waals surface area contributed by atoms with Crippen molar-refractivity contribution in [3.05, 3.63) is 30.3 Å². The van der Waals surface area contributed by atoms with Crippen LogP contribution in [0.1, 0.15) is 39.5 Å². The van der Waals surface area contributed by atoms with Crippen molar-refractivity contribution < 1.29 is 4.21 Å².